The second kappa shape index (κ2) is 10.2. The van der Waals surface area contributed by atoms with Gasteiger partial charge >= 0.3 is 0 Å². The van der Waals surface area contributed by atoms with Gasteiger partial charge in [-0.05, 0) is 71.8 Å². The Labute approximate surface area is 197 Å². The summed E-state index contributed by atoms with van der Waals surface area (Å²) in [6, 6.07) is 29.7. The zero-order valence-corrected chi connectivity index (χ0v) is 19.6. The van der Waals surface area contributed by atoms with Gasteiger partial charge in [-0.3, -0.25) is 0 Å². The summed E-state index contributed by atoms with van der Waals surface area (Å²) in [5.74, 6) is 0.853. The van der Waals surface area contributed by atoms with Crippen molar-refractivity contribution < 1.29 is 4.74 Å². The number of aryl methyl sites for hydroxylation is 2. The Morgan fingerprint density at radius 1 is 0.727 bits per heavy atom. The Bertz CT molecular complexity index is 1300. The predicted molar refractivity (Wildman–Crippen MR) is 142 cm³/mol. The highest BCUT2D eigenvalue weighted by molar-refractivity contribution is 5.79. The molecule has 164 valence electrons. The van der Waals surface area contributed by atoms with Crippen LogP contribution >= 0.6 is 0 Å². The quantitative estimate of drug-likeness (QED) is 0.266. The maximum absolute atomic E-state index is 6.21. The molecule has 0 spiro atoms. The lowest BCUT2D eigenvalue weighted by atomic mass is 9.95. The van der Waals surface area contributed by atoms with Gasteiger partial charge in [-0.2, -0.15) is 0 Å². The second-order valence-corrected chi connectivity index (χ2v) is 8.45. The molecule has 0 aliphatic carbocycles. The van der Waals surface area contributed by atoms with Gasteiger partial charge in [0, 0.05) is 5.56 Å². The smallest absolute Gasteiger partial charge is 0.127 e. The van der Waals surface area contributed by atoms with Crippen LogP contribution in [0, 0.1) is 20.8 Å². The van der Waals surface area contributed by atoms with Gasteiger partial charge in [0.15, 0.2) is 0 Å². The van der Waals surface area contributed by atoms with E-state index in [4.69, 9.17) is 4.74 Å². The zero-order chi connectivity index (χ0) is 23.2. The lowest BCUT2D eigenvalue weighted by Crippen LogP contribution is -1.98. The molecule has 0 bridgehead atoms. The summed E-state index contributed by atoms with van der Waals surface area (Å²) in [6.45, 7) is 10.9. The molecule has 1 nitrogen and oxygen atoms in total. The van der Waals surface area contributed by atoms with Crippen LogP contribution in [-0.2, 0) is 6.61 Å². The SMILES string of the molecule is C=Cc1cc(C)c(/C=C/c2cccc(-c3ccccc3)c2C)cc1OCc1cccc(C)c1. The van der Waals surface area contributed by atoms with Crippen molar-refractivity contribution in [2.24, 2.45) is 0 Å². The van der Waals surface area contributed by atoms with Gasteiger partial charge < -0.3 is 4.74 Å². The lowest BCUT2D eigenvalue weighted by Gasteiger charge is -2.13. The van der Waals surface area contributed by atoms with Crippen LogP contribution in [0.25, 0.3) is 29.4 Å². The van der Waals surface area contributed by atoms with E-state index >= 15 is 0 Å². The van der Waals surface area contributed by atoms with Crippen molar-refractivity contribution in [3.8, 4) is 16.9 Å². The summed E-state index contributed by atoms with van der Waals surface area (Å²) in [5, 5.41) is 0. The average Bonchev–Trinajstić information content (AvgIpc) is 2.83. The maximum atomic E-state index is 6.21. The minimum absolute atomic E-state index is 0.535. The molecule has 1 heteroatoms. The molecular weight excluding hydrogens is 400 g/mol. The van der Waals surface area contributed by atoms with Gasteiger partial charge in [0.05, 0.1) is 0 Å². The Kier molecular flexibility index (Phi) is 6.90. The Balaban J connectivity index is 1.62. The fraction of sp³-hybridized carbons (Fsp3) is 0.125. The van der Waals surface area contributed by atoms with E-state index in [9.17, 15) is 0 Å². The van der Waals surface area contributed by atoms with E-state index < -0.39 is 0 Å². The van der Waals surface area contributed by atoms with E-state index in [1.807, 2.05) is 6.08 Å². The standard InChI is InChI=1S/C32H30O/c1-5-27-20-24(3)30(21-32(27)33-22-26-12-9-11-23(2)19-26)18-17-28-15-10-16-31(25(28)4)29-13-7-6-8-14-29/h5-21H,1,22H2,2-4H3/b18-17+. The first kappa shape index (κ1) is 22.4. The maximum Gasteiger partial charge on any atom is 0.127 e. The van der Waals surface area contributed by atoms with E-state index in [1.165, 1.54) is 33.4 Å². The number of hydrogen-bond acceptors (Lipinski definition) is 1. The van der Waals surface area contributed by atoms with Gasteiger partial charge in [0.1, 0.15) is 12.4 Å². The minimum Gasteiger partial charge on any atom is -0.488 e. The van der Waals surface area contributed by atoms with Crippen LogP contribution in [0.3, 0.4) is 0 Å². The van der Waals surface area contributed by atoms with Crippen LogP contribution in [-0.4, -0.2) is 0 Å². The van der Waals surface area contributed by atoms with E-state index in [-0.39, 0.29) is 0 Å². The summed E-state index contributed by atoms with van der Waals surface area (Å²) < 4.78 is 6.21. The summed E-state index contributed by atoms with van der Waals surface area (Å²) in [4.78, 5) is 0. The van der Waals surface area contributed by atoms with Crippen molar-refractivity contribution >= 4 is 18.2 Å². The number of hydrogen-bond donors (Lipinski definition) is 0. The molecule has 0 unspecified atom stereocenters. The first-order chi connectivity index (χ1) is 16.0. The first-order valence-corrected chi connectivity index (χ1v) is 11.3. The highest BCUT2D eigenvalue weighted by Crippen LogP contribution is 2.29. The molecule has 0 aliphatic rings. The summed E-state index contributed by atoms with van der Waals surface area (Å²) in [6.07, 6.45) is 6.24. The van der Waals surface area contributed by atoms with E-state index in [0.29, 0.717) is 6.61 Å². The topological polar surface area (TPSA) is 9.23 Å². The fourth-order valence-electron chi connectivity index (χ4n) is 4.10. The van der Waals surface area contributed by atoms with Crippen molar-refractivity contribution in [2.45, 2.75) is 27.4 Å². The fourth-order valence-corrected chi connectivity index (χ4v) is 4.10. The molecule has 0 aromatic heterocycles. The molecule has 0 radical (unpaired) electrons. The molecule has 0 N–H and O–H groups in total. The van der Waals surface area contributed by atoms with Crippen molar-refractivity contribution in [2.75, 3.05) is 0 Å². The van der Waals surface area contributed by atoms with Crippen molar-refractivity contribution in [1.82, 2.24) is 0 Å². The molecule has 0 saturated carbocycles. The molecule has 0 saturated heterocycles. The minimum atomic E-state index is 0.535. The van der Waals surface area contributed by atoms with Crippen molar-refractivity contribution in [3.63, 3.8) is 0 Å². The third-order valence-corrected chi connectivity index (χ3v) is 6.00. The van der Waals surface area contributed by atoms with Crippen LogP contribution in [0.1, 0.15) is 38.9 Å². The predicted octanol–water partition coefficient (Wildman–Crippen LogP) is 8.67. The largest absolute Gasteiger partial charge is 0.488 e. The first-order valence-electron chi connectivity index (χ1n) is 11.3. The Morgan fingerprint density at radius 3 is 2.24 bits per heavy atom. The van der Waals surface area contributed by atoms with Crippen LogP contribution in [0.15, 0.2) is 91.5 Å². The van der Waals surface area contributed by atoms with Gasteiger partial charge in [-0.15, -0.1) is 0 Å². The third kappa shape index (κ3) is 5.32. The van der Waals surface area contributed by atoms with Gasteiger partial charge in [0.25, 0.3) is 0 Å². The second-order valence-electron chi connectivity index (χ2n) is 8.45. The van der Waals surface area contributed by atoms with Gasteiger partial charge in [0.2, 0.25) is 0 Å². The van der Waals surface area contributed by atoms with E-state index in [0.717, 1.165) is 22.4 Å². The van der Waals surface area contributed by atoms with Gasteiger partial charge in [-0.25, -0.2) is 0 Å². The molecule has 0 fully saturated rings. The molecule has 0 atom stereocenters. The van der Waals surface area contributed by atoms with Crippen LogP contribution in [0.2, 0.25) is 0 Å². The molecule has 4 aromatic carbocycles. The van der Waals surface area contributed by atoms with Gasteiger partial charge in [-0.1, -0.05) is 103 Å². The summed E-state index contributed by atoms with van der Waals surface area (Å²) in [7, 11) is 0. The number of benzene rings is 4. The van der Waals surface area contributed by atoms with Crippen molar-refractivity contribution in [1.29, 1.82) is 0 Å². The van der Waals surface area contributed by atoms with Crippen molar-refractivity contribution in [3.05, 3.63) is 130 Å². The molecule has 33 heavy (non-hydrogen) atoms. The summed E-state index contributed by atoms with van der Waals surface area (Å²) >= 11 is 0. The molecule has 0 amide bonds. The van der Waals surface area contributed by atoms with Crippen LogP contribution < -0.4 is 4.74 Å². The number of ether oxygens (including phenoxy) is 1. The molecule has 4 aromatic rings. The van der Waals surface area contributed by atoms with E-state index in [2.05, 4.69) is 124 Å². The third-order valence-electron chi connectivity index (χ3n) is 6.00. The lowest BCUT2D eigenvalue weighted by molar-refractivity contribution is 0.305. The Hall–Kier alpha value is -3.84. The monoisotopic (exact) mass is 430 g/mol. The highest BCUT2D eigenvalue weighted by atomic mass is 16.5. The summed E-state index contributed by atoms with van der Waals surface area (Å²) in [5.41, 5.74) is 10.7. The van der Waals surface area contributed by atoms with Crippen LogP contribution in [0.4, 0.5) is 0 Å². The molecular formula is C32H30O. The highest BCUT2D eigenvalue weighted by Gasteiger charge is 2.08. The molecule has 4 rings (SSSR count). The Morgan fingerprint density at radius 2 is 1.48 bits per heavy atom. The zero-order valence-electron chi connectivity index (χ0n) is 19.6. The molecule has 0 aliphatic heterocycles. The number of rotatable bonds is 7. The van der Waals surface area contributed by atoms with Crippen LogP contribution in [0.5, 0.6) is 5.75 Å². The normalized spacial score (nSPS) is 11.0. The molecule has 0 heterocycles. The van der Waals surface area contributed by atoms with E-state index in [1.54, 1.807) is 0 Å². The average molecular weight is 431 g/mol.